The van der Waals surface area contributed by atoms with Gasteiger partial charge in [0, 0.05) is 0 Å². The first-order valence-electron chi connectivity index (χ1n) is 8.77. The van der Waals surface area contributed by atoms with E-state index in [4.69, 9.17) is 14.2 Å². The number of ether oxygens (including phenoxy) is 4. The predicted octanol–water partition coefficient (Wildman–Crippen LogP) is 2.24. The Kier molecular flexibility index (Phi) is 8.08. The topological polar surface area (TPSA) is 108 Å². The van der Waals surface area contributed by atoms with Crippen molar-refractivity contribution in [3.63, 3.8) is 0 Å². The molecule has 10 heteroatoms. The van der Waals surface area contributed by atoms with Crippen molar-refractivity contribution < 1.29 is 38.1 Å². The lowest BCUT2D eigenvalue weighted by atomic mass is 10.2. The van der Waals surface area contributed by atoms with Gasteiger partial charge in [-0.05, 0) is 49.4 Å². The zero-order valence-electron chi connectivity index (χ0n) is 16.3. The molecule has 0 radical (unpaired) electrons. The van der Waals surface area contributed by atoms with Gasteiger partial charge in [0.15, 0.2) is 18.1 Å². The van der Waals surface area contributed by atoms with Crippen molar-refractivity contribution in [1.29, 1.82) is 0 Å². The lowest BCUT2D eigenvalue weighted by Crippen LogP contribution is -2.34. The fourth-order valence-electron chi connectivity index (χ4n) is 2.32. The molecule has 1 aromatic rings. The maximum absolute atomic E-state index is 12.4. The van der Waals surface area contributed by atoms with Crippen LogP contribution in [0.25, 0.3) is 6.08 Å². The van der Waals surface area contributed by atoms with Gasteiger partial charge in [0.05, 0.1) is 25.2 Å². The summed E-state index contributed by atoms with van der Waals surface area (Å²) < 4.78 is 20.3. The number of imide groups is 1. The highest BCUT2D eigenvalue weighted by Crippen LogP contribution is 2.34. The Morgan fingerprint density at radius 2 is 1.83 bits per heavy atom. The van der Waals surface area contributed by atoms with Crippen LogP contribution in [0.15, 0.2) is 23.1 Å². The second-order valence-electron chi connectivity index (χ2n) is 5.58. The van der Waals surface area contributed by atoms with Gasteiger partial charge in [0.1, 0.15) is 6.54 Å². The van der Waals surface area contributed by atoms with Gasteiger partial charge in [-0.25, -0.2) is 4.79 Å². The lowest BCUT2D eigenvalue weighted by Gasteiger charge is -2.12. The molecule has 1 saturated heterocycles. The molecule has 9 nitrogen and oxygen atoms in total. The molecule has 2 rings (SSSR count). The molecular weight excluding hydrogens is 402 g/mol. The number of carbonyl (C=O) groups excluding carboxylic acids is 4. The van der Waals surface area contributed by atoms with E-state index in [0.717, 1.165) is 16.7 Å². The highest BCUT2D eigenvalue weighted by atomic mass is 32.2. The van der Waals surface area contributed by atoms with E-state index in [2.05, 4.69) is 4.74 Å². The number of rotatable bonds is 9. The number of nitrogens with zero attached hydrogens (tertiary/aromatic N) is 1. The van der Waals surface area contributed by atoms with Crippen molar-refractivity contribution in [2.75, 3.05) is 33.5 Å². The first-order chi connectivity index (χ1) is 13.9. The quantitative estimate of drug-likeness (QED) is 0.436. The van der Waals surface area contributed by atoms with Crippen LogP contribution < -0.4 is 9.47 Å². The van der Waals surface area contributed by atoms with E-state index in [-0.39, 0.29) is 18.1 Å². The average molecular weight is 423 g/mol. The molecule has 0 unspecified atom stereocenters. The predicted molar refractivity (Wildman–Crippen MR) is 104 cm³/mol. The van der Waals surface area contributed by atoms with Gasteiger partial charge in [-0.3, -0.25) is 19.3 Å². The summed E-state index contributed by atoms with van der Waals surface area (Å²) in [6.45, 7) is 3.40. The third kappa shape index (κ3) is 5.98. The number of hydrogen-bond acceptors (Lipinski definition) is 9. The van der Waals surface area contributed by atoms with Crippen molar-refractivity contribution in [2.24, 2.45) is 0 Å². The summed E-state index contributed by atoms with van der Waals surface area (Å²) >= 11 is 0.730. The number of carbonyl (C=O) groups is 4. The standard InChI is InChI=1S/C19H21NO8S/c1-4-26-14-8-12(6-7-13(14)28-11-17(22)27-5-2)9-15-18(23)20(19(24)29-15)10-16(21)25-3/h6-9H,4-5,10-11H2,1-3H3/b15-9-. The van der Waals surface area contributed by atoms with Gasteiger partial charge in [-0.15, -0.1) is 0 Å². The third-order valence-electron chi connectivity index (χ3n) is 3.60. The molecule has 0 spiro atoms. The van der Waals surface area contributed by atoms with Gasteiger partial charge in [-0.1, -0.05) is 6.07 Å². The molecule has 1 heterocycles. The fraction of sp³-hybridized carbons (Fsp3) is 0.368. The van der Waals surface area contributed by atoms with Gasteiger partial charge in [-0.2, -0.15) is 0 Å². The van der Waals surface area contributed by atoms with E-state index in [1.807, 2.05) is 0 Å². The van der Waals surface area contributed by atoms with E-state index in [0.29, 0.717) is 23.7 Å². The van der Waals surface area contributed by atoms with E-state index in [9.17, 15) is 19.2 Å². The van der Waals surface area contributed by atoms with E-state index < -0.39 is 29.6 Å². The van der Waals surface area contributed by atoms with Gasteiger partial charge in [0.2, 0.25) is 0 Å². The van der Waals surface area contributed by atoms with Crippen LogP contribution in [0.4, 0.5) is 4.79 Å². The van der Waals surface area contributed by atoms with Gasteiger partial charge < -0.3 is 18.9 Å². The molecule has 0 atom stereocenters. The molecule has 29 heavy (non-hydrogen) atoms. The first kappa shape index (κ1) is 22.3. The van der Waals surface area contributed by atoms with E-state index in [1.165, 1.54) is 13.2 Å². The minimum Gasteiger partial charge on any atom is -0.490 e. The van der Waals surface area contributed by atoms with Crippen molar-refractivity contribution >= 4 is 40.9 Å². The molecule has 0 bridgehead atoms. The van der Waals surface area contributed by atoms with Crippen molar-refractivity contribution in [2.45, 2.75) is 13.8 Å². The average Bonchev–Trinajstić information content (AvgIpc) is 2.95. The summed E-state index contributed by atoms with van der Waals surface area (Å²) in [5, 5.41) is -0.550. The van der Waals surface area contributed by atoms with Crippen LogP contribution >= 0.6 is 11.8 Å². The molecule has 2 amide bonds. The molecule has 0 aliphatic carbocycles. The number of amides is 2. The molecule has 1 aliphatic heterocycles. The van der Waals surface area contributed by atoms with Crippen LogP contribution in [0.3, 0.4) is 0 Å². The van der Waals surface area contributed by atoms with Crippen LogP contribution in [-0.4, -0.2) is 61.5 Å². The van der Waals surface area contributed by atoms with E-state index >= 15 is 0 Å². The molecule has 156 valence electrons. The Hall–Kier alpha value is -3.01. The lowest BCUT2D eigenvalue weighted by molar-refractivity contribution is -0.145. The van der Waals surface area contributed by atoms with Crippen molar-refractivity contribution in [3.8, 4) is 11.5 Å². The highest BCUT2D eigenvalue weighted by molar-refractivity contribution is 8.18. The van der Waals surface area contributed by atoms with Crippen LogP contribution in [0.1, 0.15) is 19.4 Å². The Morgan fingerprint density at radius 1 is 1.07 bits per heavy atom. The van der Waals surface area contributed by atoms with Crippen LogP contribution in [0.5, 0.6) is 11.5 Å². The Balaban J connectivity index is 2.19. The minimum absolute atomic E-state index is 0.168. The van der Waals surface area contributed by atoms with E-state index in [1.54, 1.807) is 32.0 Å². The molecule has 0 aromatic heterocycles. The molecule has 1 fully saturated rings. The fourth-order valence-corrected chi connectivity index (χ4v) is 3.16. The van der Waals surface area contributed by atoms with Crippen LogP contribution in [0, 0.1) is 0 Å². The van der Waals surface area contributed by atoms with Crippen molar-refractivity contribution in [3.05, 3.63) is 28.7 Å². The second-order valence-corrected chi connectivity index (χ2v) is 6.57. The smallest absolute Gasteiger partial charge is 0.344 e. The summed E-state index contributed by atoms with van der Waals surface area (Å²) in [4.78, 5) is 48.2. The molecule has 1 aliphatic rings. The SMILES string of the molecule is CCOC(=O)COc1ccc(/C=C2\SC(=O)N(CC(=O)OC)C2=O)cc1OCC. The summed E-state index contributed by atoms with van der Waals surface area (Å²) in [6, 6.07) is 4.87. The summed E-state index contributed by atoms with van der Waals surface area (Å²) in [5.41, 5.74) is 0.584. The van der Waals surface area contributed by atoms with Crippen LogP contribution in [0.2, 0.25) is 0 Å². The van der Waals surface area contributed by atoms with Gasteiger partial charge >= 0.3 is 11.9 Å². The highest BCUT2D eigenvalue weighted by Gasteiger charge is 2.36. The summed E-state index contributed by atoms with van der Waals surface area (Å²) in [5.74, 6) is -1.05. The number of thioether (sulfide) groups is 1. The Morgan fingerprint density at radius 3 is 2.48 bits per heavy atom. The van der Waals surface area contributed by atoms with Gasteiger partial charge in [0.25, 0.3) is 11.1 Å². The first-order valence-corrected chi connectivity index (χ1v) is 9.58. The number of methoxy groups -OCH3 is 1. The normalized spacial score (nSPS) is 14.9. The molecule has 0 saturated carbocycles. The summed E-state index contributed by atoms with van der Waals surface area (Å²) in [6.07, 6.45) is 1.51. The number of hydrogen-bond donors (Lipinski definition) is 0. The molecule has 0 N–H and O–H groups in total. The van der Waals surface area contributed by atoms with Crippen molar-refractivity contribution in [1.82, 2.24) is 4.90 Å². The maximum atomic E-state index is 12.4. The monoisotopic (exact) mass is 423 g/mol. The maximum Gasteiger partial charge on any atom is 0.344 e. The molecular formula is C19H21NO8S. The summed E-state index contributed by atoms with van der Waals surface area (Å²) in [7, 11) is 1.18. The largest absolute Gasteiger partial charge is 0.490 e. The number of benzene rings is 1. The molecule has 1 aromatic carbocycles. The minimum atomic E-state index is -0.685. The number of esters is 2. The zero-order valence-corrected chi connectivity index (χ0v) is 17.1. The Bertz CT molecular complexity index is 835. The Labute approximate surface area is 171 Å². The van der Waals surface area contributed by atoms with Crippen LogP contribution in [-0.2, 0) is 23.9 Å². The zero-order chi connectivity index (χ0) is 21.4. The third-order valence-corrected chi connectivity index (χ3v) is 4.51. The second kappa shape index (κ2) is 10.5.